The zero-order valence-corrected chi connectivity index (χ0v) is 14.3. The van der Waals surface area contributed by atoms with E-state index in [9.17, 15) is 9.59 Å². The van der Waals surface area contributed by atoms with Gasteiger partial charge in [0.05, 0.1) is 0 Å². The maximum atomic E-state index is 11.9. The number of carbonyl (C=O) groups excluding carboxylic acids is 1. The number of hydrogen-bond acceptors (Lipinski definition) is 4. The highest BCUT2D eigenvalue weighted by molar-refractivity contribution is 8.00. The molecule has 5 nitrogen and oxygen atoms in total. The molecule has 1 heterocycles. The van der Waals surface area contributed by atoms with Crippen LogP contribution >= 0.6 is 11.8 Å². The number of hydrogen-bond donors (Lipinski definition) is 2. The maximum Gasteiger partial charge on any atom is 0.271 e. The average molecular weight is 343 g/mol. The molecule has 1 fully saturated rings. The summed E-state index contributed by atoms with van der Waals surface area (Å²) < 4.78 is 0. The number of nitrogens with zero attached hydrogens (tertiary/aromatic N) is 1. The summed E-state index contributed by atoms with van der Waals surface area (Å²) in [6.07, 6.45) is 6.15. The zero-order chi connectivity index (χ0) is 16.8. The molecule has 0 radical (unpaired) electrons. The Kier molecular flexibility index (Phi) is 5.69. The van der Waals surface area contributed by atoms with Crippen LogP contribution in [0.4, 0.5) is 0 Å². The highest BCUT2D eigenvalue weighted by Gasteiger charge is 2.15. The normalized spacial score (nSPS) is 14.7. The van der Waals surface area contributed by atoms with Crippen molar-refractivity contribution < 1.29 is 4.79 Å². The van der Waals surface area contributed by atoms with Crippen LogP contribution in [0.2, 0.25) is 0 Å². The van der Waals surface area contributed by atoms with Gasteiger partial charge in [-0.25, -0.2) is 5.10 Å². The molecule has 0 bridgehead atoms. The minimum absolute atomic E-state index is 0.220. The van der Waals surface area contributed by atoms with E-state index in [0.29, 0.717) is 6.54 Å². The number of benzene rings is 1. The number of nitrogens with one attached hydrogen (secondary N) is 2. The lowest BCUT2D eigenvalue weighted by atomic mass is 10.1. The molecule has 0 unspecified atom stereocenters. The molecule has 24 heavy (non-hydrogen) atoms. The first-order valence-corrected chi connectivity index (χ1v) is 9.18. The van der Waals surface area contributed by atoms with Crippen LogP contribution in [0.5, 0.6) is 0 Å². The predicted molar refractivity (Wildman–Crippen MR) is 95.4 cm³/mol. The SMILES string of the molecule is O=C(NCCc1ccc(SC2CCCC2)cc1)c1ccc(=O)[nH]n1. The molecule has 2 aromatic rings. The van der Waals surface area contributed by atoms with E-state index >= 15 is 0 Å². The summed E-state index contributed by atoms with van der Waals surface area (Å²) in [6.45, 7) is 0.536. The fourth-order valence-electron chi connectivity index (χ4n) is 2.82. The molecule has 0 spiro atoms. The van der Waals surface area contributed by atoms with Gasteiger partial charge in [-0.3, -0.25) is 9.59 Å². The molecule has 0 aliphatic heterocycles. The van der Waals surface area contributed by atoms with Crippen molar-refractivity contribution in [1.82, 2.24) is 15.5 Å². The van der Waals surface area contributed by atoms with Crippen LogP contribution in [0, 0.1) is 0 Å². The van der Waals surface area contributed by atoms with Crippen LogP contribution in [0.25, 0.3) is 0 Å². The second-order valence-corrected chi connectivity index (χ2v) is 7.35. The molecule has 1 aliphatic carbocycles. The number of carbonyl (C=O) groups is 1. The van der Waals surface area contributed by atoms with Crippen molar-refractivity contribution in [3.63, 3.8) is 0 Å². The lowest BCUT2D eigenvalue weighted by molar-refractivity contribution is 0.0948. The zero-order valence-electron chi connectivity index (χ0n) is 13.5. The van der Waals surface area contributed by atoms with Crippen LogP contribution in [-0.4, -0.2) is 27.9 Å². The Hall–Kier alpha value is -2.08. The van der Waals surface area contributed by atoms with Crippen molar-refractivity contribution in [2.45, 2.75) is 42.2 Å². The van der Waals surface area contributed by atoms with Crippen molar-refractivity contribution in [1.29, 1.82) is 0 Å². The Morgan fingerprint density at radius 2 is 1.92 bits per heavy atom. The maximum absolute atomic E-state index is 11.9. The summed E-state index contributed by atoms with van der Waals surface area (Å²) in [5, 5.41) is 9.56. The van der Waals surface area contributed by atoms with Crippen molar-refractivity contribution in [3.05, 3.63) is 58.0 Å². The number of H-pyrrole nitrogens is 1. The molecular formula is C18H21N3O2S. The number of aromatic amines is 1. The molecule has 3 rings (SSSR count). The third kappa shape index (κ3) is 4.71. The Labute approximate surface area is 145 Å². The summed E-state index contributed by atoms with van der Waals surface area (Å²) in [6, 6.07) is 11.3. The minimum atomic E-state index is -0.317. The van der Waals surface area contributed by atoms with Gasteiger partial charge in [0.15, 0.2) is 0 Å². The fraction of sp³-hybridized carbons (Fsp3) is 0.389. The minimum Gasteiger partial charge on any atom is -0.350 e. The van der Waals surface area contributed by atoms with Gasteiger partial charge in [0.25, 0.3) is 11.5 Å². The van der Waals surface area contributed by atoms with Crippen molar-refractivity contribution >= 4 is 17.7 Å². The molecule has 2 N–H and O–H groups in total. The molecule has 6 heteroatoms. The first-order chi connectivity index (χ1) is 11.7. The van der Waals surface area contributed by atoms with Gasteiger partial charge < -0.3 is 5.32 Å². The van der Waals surface area contributed by atoms with Crippen LogP contribution in [0.3, 0.4) is 0 Å². The molecule has 1 aromatic carbocycles. The van der Waals surface area contributed by atoms with Crippen LogP contribution in [0.15, 0.2) is 46.1 Å². The Morgan fingerprint density at radius 3 is 2.58 bits per heavy atom. The molecule has 0 saturated heterocycles. The quantitative estimate of drug-likeness (QED) is 0.846. The van der Waals surface area contributed by atoms with E-state index in [0.717, 1.165) is 11.7 Å². The summed E-state index contributed by atoms with van der Waals surface area (Å²) in [7, 11) is 0. The van der Waals surface area contributed by atoms with E-state index in [1.165, 1.54) is 48.3 Å². The van der Waals surface area contributed by atoms with Gasteiger partial charge in [-0.1, -0.05) is 25.0 Å². The number of rotatable bonds is 6. The predicted octanol–water partition coefficient (Wildman–Crippen LogP) is 2.78. The van der Waals surface area contributed by atoms with E-state index in [2.05, 4.69) is 39.8 Å². The average Bonchev–Trinajstić information content (AvgIpc) is 3.10. The Morgan fingerprint density at radius 1 is 1.17 bits per heavy atom. The van der Waals surface area contributed by atoms with Crippen LogP contribution in [0.1, 0.15) is 41.7 Å². The highest BCUT2D eigenvalue weighted by Crippen LogP contribution is 2.34. The second kappa shape index (κ2) is 8.15. The standard InChI is InChI=1S/C18H21N3O2S/c22-17-10-9-16(20-21-17)18(23)19-12-11-13-5-7-15(8-6-13)24-14-3-1-2-4-14/h5-10,14H,1-4,11-12H2,(H,19,23)(H,21,22). The van der Waals surface area contributed by atoms with Crippen LogP contribution in [-0.2, 0) is 6.42 Å². The summed E-state index contributed by atoms with van der Waals surface area (Å²) >= 11 is 1.98. The first-order valence-electron chi connectivity index (χ1n) is 8.30. The molecule has 126 valence electrons. The van der Waals surface area contributed by atoms with Gasteiger partial charge >= 0.3 is 0 Å². The lowest BCUT2D eigenvalue weighted by Gasteiger charge is -2.09. The molecule has 1 amide bonds. The van der Waals surface area contributed by atoms with Crippen molar-refractivity contribution in [2.75, 3.05) is 6.54 Å². The van der Waals surface area contributed by atoms with E-state index in [-0.39, 0.29) is 17.2 Å². The number of amides is 1. The molecule has 1 saturated carbocycles. The fourth-order valence-corrected chi connectivity index (χ4v) is 4.06. The summed E-state index contributed by atoms with van der Waals surface area (Å²) in [5.74, 6) is -0.278. The summed E-state index contributed by atoms with van der Waals surface area (Å²) in [4.78, 5) is 24.1. The lowest BCUT2D eigenvalue weighted by Crippen LogP contribution is -2.27. The molecular weight excluding hydrogens is 322 g/mol. The third-order valence-corrected chi connectivity index (χ3v) is 5.49. The monoisotopic (exact) mass is 343 g/mol. The second-order valence-electron chi connectivity index (χ2n) is 5.98. The van der Waals surface area contributed by atoms with E-state index in [1.54, 1.807) is 0 Å². The first kappa shape index (κ1) is 16.8. The largest absolute Gasteiger partial charge is 0.350 e. The van der Waals surface area contributed by atoms with Gasteiger partial charge in [0.2, 0.25) is 0 Å². The van der Waals surface area contributed by atoms with E-state index in [4.69, 9.17) is 0 Å². The van der Waals surface area contributed by atoms with E-state index in [1.807, 2.05) is 11.8 Å². The highest BCUT2D eigenvalue weighted by atomic mass is 32.2. The number of aromatic nitrogens is 2. The van der Waals surface area contributed by atoms with Gasteiger partial charge in [-0.05, 0) is 43.0 Å². The Bertz CT molecular complexity index is 716. The third-order valence-electron chi connectivity index (χ3n) is 4.14. The van der Waals surface area contributed by atoms with Gasteiger partial charge in [-0.2, -0.15) is 5.10 Å². The smallest absolute Gasteiger partial charge is 0.271 e. The van der Waals surface area contributed by atoms with Crippen LogP contribution < -0.4 is 10.9 Å². The molecule has 1 aromatic heterocycles. The Balaban J connectivity index is 1.45. The van der Waals surface area contributed by atoms with Crippen molar-refractivity contribution in [3.8, 4) is 0 Å². The molecule has 1 aliphatic rings. The van der Waals surface area contributed by atoms with Gasteiger partial charge in [0.1, 0.15) is 5.69 Å². The van der Waals surface area contributed by atoms with Crippen molar-refractivity contribution in [2.24, 2.45) is 0 Å². The van der Waals surface area contributed by atoms with Gasteiger partial charge in [-0.15, -0.1) is 11.8 Å². The van der Waals surface area contributed by atoms with E-state index < -0.39 is 0 Å². The molecule has 0 atom stereocenters. The topological polar surface area (TPSA) is 74.8 Å². The number of thioether (sulfide) groups is 1. The van der Waals surface area contributed by atoms with Gasteiger partial charge in [0, 0.05) is 22.8 Å². The summed E-state index contributed by atoms with van der Waals surface area (Å²) in [5.41, 5.74) is 1.10.